The summed E-state index contributed by atoms with van der Waals surface area (Å²) < 4.78 is 5.28. The first-order valence-electron chi connectivity index (χ1n) is 10.4. The Morgan fingerprint density at radius 3 is 2.55 bits per heavy atom. The number of aromatic nitrogens is 1. The number of H-pyrrole nitrogens is 1. The molecule has 1 fully saturated rings. The summed E-state index contributed by atoms with van der Waals surface area (Å²) in [5.74, 6) is 0.779. The number of hydrogen-bond acceptors (Lipinski definition) is 4. The van der Waals surface area contributed by atoms with Gasteiger partial charge in [0, 0.05) is 47.5 Å². The van der Waals surface area contributed by atoms with Crippen molar-refractivity contribution in [1.29, 1.82) is 0 Å². The SMILES string of the molecule is COc1ccc2[nH]c(=O)c(CNc3ccc(N(C)C4CCCCC4)cc3)cc2c1. The smallest absolute Gasteiger partial charge is 0.253 e. The van der Waals surface area contributed by atoms with Gasteiger partial charge in [0.1, 0.15) is 5.75 Å². The van der Waals surface area contributed by atoms with Gasteiger partial charge in [0.15, 0.2) is 0 Å². The average molecular weight is 392 g/mol. The maximum atomic E-state index is 12.4. The zero-order chi connectivity index (χ0) is 20.2. The minimum absolute atomic E-state index is 0.0659. The van der Waals surface area contributed by atoms with E-state index in [0.717, 1.165) is 22.3 Å². The number of nitrogens with one attached hydrogen (secondary N) is 2. The van der Waals surface area contributed by atoms with Gasteiger partial charge in [0.2, 0.25) is 0 Å². The first kappa shape index (κ1) is 19.4. The van der Waals surface area contributed by atoms with Crippen LogP contribution >= 0.6 is 0 Å². The number of methoxy groups -OCH3 is 1. The molecule has 1 aliphatic rings. The number of aromatic amines is 1. The molecule has 2 N–H and O–H groups in total. The van der Waals surface area contributed by atoms with E-state index in [0.29, 0.717) is 18.2 Å². The Balaban J connectivity index is 1.44. The normalized spacial score (nSPS) is 14.7. The van der Waals surface area contributed by atoms with Crippen molar-refractivity contribution in [2.24, 2.45) is 0 Å². The average Bonchev–Trinajstić information content (AvgIpc) is 2.78. The minimum atomic E-state index is -0.0659. The Morgan fingerprint density at radius 2 is 1.83 bits per heavy atom. The van der Waals surface area contributed by atoms with Crippen LogP contribution in [0.15, 0.2) is 53.3 Å². The monoisotopic (exact) mass is 391 g/mol. The standard InChI is InChI=1S/C24H29N3O2/c1-27(20-6-4-3-5-7-20)21-10-8-19(9-11-21)25-16-18-14-17-15-22(29-2)12-13-23(17)26-24(18)28/h8-15,20,25H,3-7,16H2,1-2H3,(H,26,28). The zero-order valence-corrected chi connectivity index (χ0v) is 17.2. The molecule has 0 radical (unpaired) electrons. The van der Waals surface area contributed by atoms with Crippen LogP contribution in [0, 0.1) is 0 Å². The van der Waals surface area contributed by atoms with Crippen molar-refractivity contribution in [3.8, 4) is 5.75 Å². The molecular weight excluding hydrogens is 362 g/mol. The van der Waals surface area contributed by atoms with Gasteiger partial charge in [0.05, 0.1) is 7.11 Å². The molecule has 3 aromatic rings. The Kier molecular flexibility index (Phi) is 5.74. The second-order valence-electron chi connectivity index (χ2n) is 7.88. The van der Waals surface area contributed by atoms with E-state index in [2.05, 4.69) is 46.5 Å². The highest BCUT2D eigenvalue weighted by atomic mass is 16.5. The third-order valence-corrected chi connectivity index (χ3v) is 6.01. The molecule has 1 aliphatic carbocycles. The first-order chi connectivity index (χ1) is 14.1. The lowest BCUT2D eigenvalue weighted by Gasteiger charge is -2.33. The van der Waals surface area contributed by atoms with Crippen LogP contribution in [0.1, 0.15) is 37.7 Å². The fraction of sp³-hybridized carbons (Fsp3) is 0.375. The lowest BCUT2D eigenvalue weighted by molar-refractivity contribution is 0.415. The lowest BCUT2D eigenvalue weighted by atomic mass is 9.94. The molecule has 0 amide bonds. The molecule has 1 aromatic heterocycles. The van der Waals surface area contributed by atoms with Crippen LogP contribution in [-0.2, 0) is 6.54 Å². The van der Waals surface area contributed by atoms with Gasteiger partial charge in [-0.3, -0.25) is 4.79 Å². The molecule has 29 heavy (non-hydrogen) atoms. The van der Waals surface area contributed by atoms with Crippen LogP contribution in [0.25, 0.3) is 10.9 Å². The van der Waals surface area contributed by atoms with Gasteiger partial charge in [-0.25, -0.2) is 0 Å². The predicted octanol–water partition coefficient (Wildman–Crippen LogP) is 4.92. The summed E-state index contributed by atoms with van der Waals surface area (Å²) in [6.07, 6.45) is 6.60. The summed E-state index contributed by atoms with van der Waals surface area (Å²) >= 11 is 0. The molecule has 0 bridgehead atoms. The number of benzene rings is 2. The van der Waals surface area contributed by atoms with Gasteiger partial charge in [-0.1, -0.05) is 19.3 Å². The van der Waals surface area contributed by atoms with Gasteiger partial charge >= 0.3 is 0 Å². The largest absolute Gasteiger partial charge is 0.497 e. The van der Waals surface area contributed by atoms with Gasteiger partial charge < -0.3 is 19.9 Å². The van der Waals surface area contributed by atoms with Crippen molar-refractivity contribution in [2.75, 3.05) is 24.4 Å². The molecule has 4 rings (SSSR count). The lowest BCUT2D eigenvalue weighted by Crippen LogP contribution is -2.33. The first-order valence-corrected chi connectivity index (χ1v) is 10.4. The van der Waals surface area contributed by atoms with Crippen molar-refractivity contribution in [1.82, 2.24) is 4.98 Å². The molecule has 0 aliphatic heterocycles. The van der Waals surface area contributed by atoms with E-state index in [1.165, 1.54) is 37.8 Å². The molecule has 0 atom stereocenters. The van der Waals surface area contributed by atoms with Gasteiger partial charge in [-0.05, 0) is 61.4 Å². The van der Waals surface area contributed by atoms with Crippen molar-refractivity contribution in [3.63, 3.8) is 0 Å². The second kappa shape index (κ2) is 8.60. The van der Waals surface area contributed by atoms with Crippen LogP contribution < -0.4 is 20.5 Å². The number of fused-ring (bicyclic) bond motifs is 1. The van der Waals surface area contributed by atoms with Crippen molar-refractivity contribution >= 4 is 22.3 Å². The molecule has 0 saturated heterocycles. The van der Waals surface area contributed by atoms with E-state index >= 15 is 0 Å². The number of rotatable bonds is 6. The number of pyridine rings is 1. The van der Waals surface area contributed by atoms with E-state index < -0.39 is 0 Å². The topological polar surface area (TPSA) is 57.4 Å². The van der Waals surface area contributed by atoms with Crippen molar-refractivity contribution in [2.45, 2.75) is 44.7 Å². The summed E-state index contributed by atoms with van der Waals surface area (Å²) in [5, 5.41) is 4.33. The Morgan fingerprint density at radius 1 is 1.07 bits per heavy atom. The summed E-state index contributed by atoms with van der Waals surface area (Å²) in [5.41, 5.74) is 3.71. The zero-order valence-electron chi connectivity index (χ0n) is 17.2. The summed E-state index contributed by atoms with van der Waals surface area (Å²) in [6, 6.07) is 16.7. The van der Waals surface area contributed by atoms with E-state index in [-0.39, 0.29) is 5.56 Å². The van der Waals surface area contributed by atoms with E-state index in [9.17, 15) is 4.79 Å². The highest BCUT2D eigenvalue weighted by Crippen LogP contribution is 2.27. The highest BCUT2D eigenvalue weighted by molar-refractivity contribution is 5.80. The summed E-state index contributed by atoms with van der Waals surface area (Å²) in [7, 11) is 3.84. The summed E-state index contributed by atoms with van der Waals surface area (Å²) in [4.78, 5) is 17.7. The third kappa shape index (κ3) is 4.39. The van der Waals surface area contributed by atoms with E-state index in [4.69, 9.17) is 4.74 Å². The molecule has 152 valence electrons. The highest BCUT2D eigenvalue weighted by Gasteiger charge is 2.18. The molecule has 5 nitrogen and oxygen atoms in total. The number of anilines is 2. The van der Waals surface area contributed by atoms with Crippen LogP contribution in [0.4, 0.5) is 11.4 Å². The second-order valence-corrected chi connectivity index (χ2v) is 7.88. The maximum absolute atomic E-state index is 12.4. The molecular formula is C24H29N3O2. The van der Waals surface area contributed by atoms with Crippen LogP contribution in [0.3, 0.4) is 0 Å². The van der Waals surface area contributed by atoms with Gasteiger partial charge in [-0.15, -0.1) is 0 Å². The van der Waals surface area contributed by atoms with Gasteiger partial charge in [-0.2, -0.15) is 0 Å². The minimum Gasteiger partial charge on any atom is -0.497 e. The Labute approximate surface area is 171 Å². The molecule has 1 heterocycles. The molecule has 0 unspecified atom stereocenters. The van der Waals surface area contributed by atoms with Gasteiger partial charge in [0.25, 0.3) is 5.56 Å². The van der Waals surface area contributed by atoms with Crippen LogP contribution in [0.2, 0.25) is 0 Å². The van der Waals surface area contributed by atoms with Crippen LogP contribution in [0.5, 0.6) is 5.75 Å². The fourth-order valence-corrected chi connectivity index (χ4v) is 4.18. The predicted molar refractivity (Wildman–Crippen MR) is 120 cm³/mol. The van der Waals surface area contributed by atoms with Crippen LogP contribution in [-0.4, -0.2) is 25.2 Å². The maximum Gasteiger partial charge on any atom is 0.253 e. The molecule has 2 aromatic carbocycles. The van der Waals surface area contributed by atoms with Crippen molar-refractivity contribution in [3.05, 3.63) is 64.4 Å². The number of ether oxygens (including phenoxy) is 1. The molecule has 5 heteroatoms. The van der Waals surface area contributed by atoms with Crippen molar-refractivity contribution < 1.29 is 4.74 Å². The molecule has 0 spiro atoms. The number of hydrogen-bond donors (Lipinski definition) is 2. The summed E-state index contributed by atoms with van der Waals surface area (Å²) in [6.45, 7) is 0.473. The molecule has 1 saturated carbocycles. The Hall–Kier alpha value is -2.95. The fourth-order valence-electron chi connectivity index (χ4n) is 4.18. The Bertz CT molecular complexity index is 1020. The van der Waals surface area contributed by atoms with E-state index in [1.807, 2.05) is 24.3 Å². The van der Waals surface area contributed by atoms with E-state index in [1.54, 1.807) is 7.11 Å². The quantitative estimate of drug-likeness (QED) is 0.626. The number of nitrogens with zero attached hydrogens (tertiary/aromatic N) is 1. The third-order valence-electron chi connectivity index (χ3n) is 6.01.